The van der Waals surface area contributed by atoms with E-state index in [9.17, 15) is 0 Å². The van der Waals surface area contributed by atoms with Gasteiger partial charge in [-0.3, -0.25) is 4.98 Å². The number of hydrogen-bond acceptors (Lipinski definition) is 6. The van der Waals surface area contributed by atoms with Gasteiger partial charge < -0.3 is 15.6 Å². The molecule has 21 heavy (non-hydrogen) atoms. The second-order valence-electron chi connectivity index (χ2n) is 4.56. The number of nitrogens with one attached hydrogen (secondary N) is 3. The molecule has 3 N–H and O–H groups in total. The van der Waals surface area contributed by atoms with E-state index < -0.39 is 0 Å². The van der Waals surface area contributed by atoms with E-state index in [1.807, 2.05) is 6.07 Å². The highest BCUT2D eigenvalue weighted by Crippen LogP contribution is 2.19. The lowest BCUT2D eigenvalue weighted by Gasteiger charge is -2.10. The molecule has 0 saturated heterocycles. The van der Waals surface area contributed by atoms with Crippen molar-refractivity contribution in [1.29, 1.82) is 0 Å². The predicted octanol–water partition coefficient (Wildman–Crippen LogP) is 1.96. The van der Waals surface area contributed by atoms with E-state index in [0.29, 0.717) is 18.1 Å². The molecule has 0 atom stereocenters. The minimum Gasteiger partial charge on any atom is -0.362 e. The summed E-state index contributed by atoms with van der Waals surface area (Å²) in [6.07, 6.45) is 4.37. The molecule has 3 heterocycles. The van der Waals surface area contributed by atoms with E-state index in [1.165, 1.54) is 5.56 Å². The molecular weight excluding hydrogens is 266 g/mol. The fraction of sp³-hybridized carbons (Fsp3) is 0.286. The third kappa shape index (κ3) is 2.62. The molecule has 108 valence electrons. The van der Waals surface area contributed by atoms with Crippen LogP contribution < -0.4 is 10.6 Å². The number of aromatic nitrogens is 5. The normalized spacial score (nSPS) is 10.8. The molecule has 0 unspecified atom stereocenters. The van der Waals surface area contributed by atoms with Crippen LogP contribution >= 0.6 is 0 Å². The number of nitrogens with zero attached hydrogens (tertiary/aromatic N) is 4. The summed E-state index contributed by atoms with van der Waals surface area (Å²) in [5.41, 5.74) is 3.68. The van der Waals surface area contributed by atoms with Crippen LogP contribution in [0.5, 0.6) is 0 Å². The molecule has 0 fully saturated rings. The van der Waals surface area contributed by atoms with Crippen LogP contribution in [-0.2, 0) is 13.0 Å². The van der Waals surface area contributed by atoms with Gasteiger partial charge in [0.15, 0.2) is 11.5 Å². The monoisotopic (exact) mass is 283 g/mol. The number of aryl methyl sites for hydroxylation is 1. The van der Waals surface area contributed by atoms with Gasteiger partial charge >= 0.3 is 0 Å². The van der Waals surface area contributed by atoms with E-state index in [2.05, 4.69) is 48.5 Å². The van der Waals surface area contributed by atoms with E-state index in [1.54, 1.807) is 19.6 Å². The zero-order valence-corrected chi connectivity index (χ0v) is 12.0. The first-order valence-electron chi connectivity index (χ1n) is 6.87. The summed E-state index contributed by atoms with van der Waals surface area (Å²) >= 11 is 0. The standard InChI is InChI=1S/C14H17N7/c1-3-9-5-4-6-16-10(9)7-17-12-11-13(19-8-18-11)21-14(15-2)20-12/h4-6,8H,3,7H2,1-2H3,(H3,15,17,18,19,20,21). The van der Waals surface area contributed by atoms with Crippen molar-refractivity contribution in [3.05, 3.63) is 35.9 Å². The highest BCUT2D eigenvalue weighted by Gasteiger charge is 2.10. The molecular formula is C14H17N7. The molecule has 0 radical (unpaired) electrons. The van der Waals surface area contributed by atoms with Crippen molar-refractivity contribution < 1.29 is 0 Å². The quantitative estimate of drug-likeness (QED) is 0.663. The van der Waals surface area contributed by atoms with Crippen LogP contribution in [0.2, 0.25) is 0 Å². The Morgan fingerprint density at radius 1 is 1.24 bits per heavy atom. The number of H-pyrrole nitrogens is 1. The van der Waals surface area contributed by atoms with Gasteiger partial charge in [0.05, 0.1) is 18.6 Å². The molecule has 7 nitrogen and oxygen atoms in total. The molecule has 3 rings (SSSR count). The maximum atomic E-state index is 4.43. The zero-order valence-electron chi connectivity index (χ0n) is 12.0. The molecule has 0 aromatic carbocycles. The van der Waals surface area contributed by atoms with Crippen LogP contribution in [0.25, 0.3) is 11.2 Å². The molecule has 3 aromatic rings. The summed E-state index contributed by atoms with van der Waals surface area (Å²) in [6.45, 7) is 2.73. The number of hydrogen-bond donors (Lipinski definition) is 3. The maximum absolute atomic E-state index is 4.43. The Kier molecular flexibility index (Phi) is 3.63. The Morgan fingerprint density at radius 2 is 2.14 bits per heavy atom. The fourth-order valence-corrected chi connectivity index (χ4v) is 2.19. The van der Waals surface area contributed by atoms with E-state index in [4.69, 9.17) is 0 Å². The van der Waals surface area contributed by atoms with Crippen molar-refractivity contribution in [3.8, 4) is 0 Å². The third-order valence-electron chi connectivity index (χ3n) is 3.30. The highest BCUT2D eigenvalue weighted by atomic mass is 15.2. The number of fused-ring (bicyclic) bond motifs is 1. The molecule has 3 aromatic heterocycles. The van der Waals surface area contributed by atoms with Crippen LogP contribution in [0.3, 0.4) is 0 Å². The summed E-state index contributed by atoms with van der Waals surface area (Å²) < 4.78 is 0. The molecule has 0 amide bonds. The molecule has 0 aliphatic rings. The van der Waals surface area contributed by atoms with Crippen molar-refractivity contribution in [3.63, 3.8) is 0 Å². The number of anilines is 2. The van der Waals surface area contributed by atoms with Gasteiger partial charge in [0.25, 0.3) is 0 Å². The molecule has 0 bridgehead atoms. The SMILES string of the molecule is CCc1cccnc1CNc1nc(NC)nc2nc[nH]c12. The minimum atomic E-state index is 0.536. The van der Waals surface area contributed by atoms with Crippen LogP contribution in [0.15, 0.2) is 24.7 Å². The largest absolute Gasteiger partial charge is 0.362 e. The predicted molar refractivity (Wildman–Crippen MR) is 82.2 cm³/mol. The van der Waals surface area contributed by atoms with Crippen molar-refractivity contribution in [2.75, 3.05) is 17.7 Å². The first kappa shape index (κ1) is 13.3. The van der Waals surface area contributed by atoms with Crippen LogP contribution in [0.1, 0.15) is 18.2 Å². The summed E-state index contributed by atoms with van der Waals surface area (Å²) in [6, 6.07) is 4.05. The summed E-state index contributed by atoms with van der Waals surface area (Å²) in [5, 5.41) is 6.25. The number of pyridine rings is 1. The number of imidazole rings is 1. The number of rotatable bonds is 5. The average Bonchev–Trinajstić information content (AvgIpc) is 3.01. The van der Waals surface area contributed by atoms with Crippen LogP contribution in [0.4, 0.5) is 11.8 Å². The lowest BCUT2D eigenvalue weighted by Crippen LogP contribution is -2.08. The van der Waals surface area contributed by atoms with Gasteiger partial charge in [-0.2, -0.15) is 9.97 Å². The van der Waals surface area contributed by atoms with Crippen molar-refractivity contribution in [2.45, 2.75) is 19.9 Å². The Bertz CT molecular complexity index is 750. The van der Waals surface area contributed by atoms with Gasteiger partial charge in [-0.05, 0) is 18.1 Å². The average molecular weight is 283 g/mol. The molecule has 0 saturated carbocycles. The Labute approximate surface area is 122 Å². The van der Waals surface area contributed by atoms with Gasteiger partial charge in [-0.1, -0.05) is 13.0 Å². The van der Waals surface area contributed by atoms with Gasteiger partial charge in [0.1, 0.15) is 5.52 Å². The first-order valence-corrected chi connectivity index (χ1v) is 6.87. The second-order valence-corrected chi connectivity index (χ2v) is 4.56. The van der Waals surface area contributed by atoms with E-state index in [0.717, 1.165) is 23.4 Å². The van der Waals surface area contributed by atoms with E-state index >= 15 is 0 Å². The van der Waals surface area contributed by atoms with Gasteiger partial charge in [0.2, 0.25) is 5.95 Å². The van der Waals surface area contributed by atoms with E-state index in [-0.39, 0.29) is 0 Å². The maximum Gasteiger partial charge on any atom is 0.226 e. The zero-order chi connectivity index (χ0) is 14.7. The van der Waals surface area contributed by atoms with Gasteiger partial charge in [-0.15, -0.1) is 0 Å². The van der Waals surface area contributed by atoms with Gasteiger partial charge in [-0.25, -0.2) is 4.98 Å². The highest BCUT2D eigenvalue weighted by molar-refractivity contribution is 5.83. The number of aromatic amines is 1. The lowest BCUT2D eigenvalue weighted by molar-refractivity contribution is 0.964. The molecule has 7 heteroatoms. The lowest BCUT2D eigenvalue weighted by atomic mass is 10.1. The smallest absolute Gasteiger partial charge is 0.226 e. The Morgan fingerprint density at radius 3 is 2.95 bits per heavy atom. The van der Waals surface area contributed by atoms with Crippen LogP contribution in [-0.4, -0.2) is 32.0 Å². The fourth-order valence-electron chi connectivity index (χ4n) is 2.19. The van der Waals surface area contributed by atoms with Crippen molar-refractivity contribution in [1.82, 2.24) is 24.9 Å². The molecule has 0 spiro atoms. The second kappa shape index (κ2) is 5.74. The van der Waals surface area contributed by atoms with Crippen LogP contribution in [0, 0.1) is 0 Å². The Hall–Kier alpha value is -2.70. The summed E-state index contributed by atoms with van der Waals surface area (Å²) in [4.78, 5) is 20.4. The summed E-state index contributed by atoms with van der Waals surface area (Å²) in [7, 11) is 1.78. The summed E-state index contributed by atoms with van der Waals surface area (Å²) in [5.74, 6) is 1.25. The van der Waals surface area contributed by atoms with Crippen molar-refractivity contribution in [2.24, 2.45) is 0 Å². The molecule has 0 aliphatic carbocycles. The minimum absolute atomic E-state index is 0.536. The topological polar surface area (TPSA) is 91.4 Å². The van der Waals surface area contributed by atoms with Gasteiger partial charge in [0, 0.05) is 13.2 Å². The Balaban J connectivity index is 1.89. The molecule has 0 aliphatic heterocycles. The third-order valence-corrected chi connectivity index (χ3v) is 3.30. The first-order chi connectivity index (χ1) is 10.3. The van der Waals surface area contributed by atoms with Crippen molar-refractivity contribution >= 4 is 22.9 Å².